The zero-order chi connectivity index (χ0) is 18.2. The van der Waals surface area contributed by atoms with Crippen molar-refractivity contribution in [3.05, 3.63) is 84.3 Å². The van der Waals surface area contributed by atoms with E-state index in [1.807, 2.05) is 47.1 Å². The molecule has 0 amide bonds. The summed E-state index contributed by atoms with van der Waals surface area (Å²) in [6.07, 6.45) is 4.34. The van der Waals surface area contributed by atoms with Crippen LogP contribution in [0.1, 0.15) is 11.3 Å². The lowest BCUT2D eigenvalue weighted by Crippen LogP contribution is -2.00. The van der Waals surface area contributed by atoms with E-state index in [0.717, 1.165) is 39.1 Å². The molecule has 0 atom stereocenters. The Bertz CT molecular complexity index is 1260. The first-order valence-corrected chi connectivity index (χ1v) is 8.66. The minimum Gasteiger partial charge on any atom is -0.368 e. The molecule has 3 heterocycles. The van der Waals surface area contributed by atoms with E-state index in [1.165, 1.54) is 0 Å². The minimum atomic E-state index is 0.287. The van der Waals surface area contributed by atoms with Crippen LogP contribution >= 0.6 is 0 Å². The van der Waals surface area contributed by atoms with E-state index in [-0.39, 0.29) is 5.95 Å². The Labute approximate surface area is 155 Å². The van der Waals surface area contributed by atoms with E-state index in [0.29, 0.717) is 6.42 Å². The molecule has 0 saturated heterocycles. The van der Waals surface area contributed by atoms with Crippen molar-refractivity contribution in [2.75, 3.05) is 5.73 Å². The summed E-state index contributed by atoms with van der Waals surface area (Å²) in [6, 6.07) is 20.2. The molecule has 0 spiro atoms. The summed E-state index contributed by atoms with van der Waals surface area (Å²) in [5.74, 6) is 0.287. The maximum atomic E-state index is 5.65. The van der Waals surface area contributed by atoms with Gasteiger partial charge in [0, 0.05) is 23.6 Å². The SMILES string of the molecule is Nc1ncc2cc(Cc3cnc4ccc(-c5ccccc5)nn34)ccc2n1. The number of rotatable bonds is 3. The first kappa shape index (κ1) is 15.5. The maximum Gasteiger partial charge on any atom is 0.220 e. The topological polar surface area (TPSA) is 82.0 Å². The molecule has 0 fully saturated rings. The zero-order valence-corrected chi connectivity index (χ0v) is 14.4. The van der Waals surface area contributed by atoms with Crippen LogP contribution in [0, 0.1) is 0 Å². The zero-order valence-electron chi connectivity index (χ0n) is 14.4. The van der Waals surface area contributed by atoms with Gasteiger partial charge >= 0.3 is 0 Å². The number of imidazole rings is 1. The Hall–Kier alpha value is -3.80. The molecule has 3 aromatic heterocycles. The molecule has 0 bridgehead atoms. The molecule has 0 aliphatic carbocycles. The maximum absolute atomic E-state index is 5.65. The summed E-state index contributed by atoms with van der Waals surface area (Å²) in [5, 5.41) is 5.75. The number of aromatic nitrogens is 5. The van der Waals surface area contributed by atoms with Gasteiger partial charge in [0.2, 0.25) is 5.95 Å². The van der Waals surface area contributed by atoms with Crippen molar-refractivity contribution in [1.29, 1.82) is 0 Å². The molecule has 5 aromatic rings. The van der Waals surface area contributed by atoms with Gasteiger partial charge in [-0.15, -0.1) is 0 Å². The molecule has 2 N–H and O–H groups in total. The molecule has 2 aromatic carbocycles. The summed E-state index contributed by atoms with van der Waals surface area (Å²) in [7, 11) is 0. The average Bonchev–Trinajstić information content (AvgIpc) is 3.11. The van der Waals surface area contributed by atoms with Gasteiger partial charge in [-0.25, -0.2) is 19.5 Å². The van der Waals surface area contributed by atoms with Crippen LogP contribution in [0.3, 0.4) is 0 Å². The second-order valence-corrected chi connectivity index (χ2v) is 6.40. The lowest BCUT2D eigenvalue weighted by Gasteiger charge is -2.06. The number of nitrogens with zero attached hydrogens (tertiary/aromatic N) is 5. The molecule has 0 aliphatic heterocycles. The summed E-state index contributed by atoms with van der Waals surface area (Å²) >= 11 is 0. The summed E-state index contributed by atoms with van der Waals surface area (Å²) in [6.45, 7) is 0. The molecule has 6 nitrogen and oxygen atoms in total. The van der Waals surface area contributed by atoms with Crippen LogP contribution in [0.4, 0.5) is 5.95 Å². The predicted molar refractivity (Wildman–Crippen MR) is 105 cm³/mol. The third kappa shape index (κ3) is 2.87. The molecule has 0 unspecified atom stereocenters. The second-order valence-electron chi connectivity index (χ2n) is 6.40. The number of hydrogen-bond donors (Lipinski definition) is 1. The highest BCUT2D eigenvalue weighted by Crippen LogP contribution is 2.20. The van der Waals surface area contributed by atoms with Gasteiger partial charge in [0.25, 0.3) is 0 Å². The van der Waals surface area contributed by atoms with Crippen LogP contribution < -0.4 is 5.73 Å². The summed E-state index contributed by atoms with van der Waals surface area (Å²) in [5.41, 5.74) is 11.5. The highest BCUT2D eigenvalue weighted by Gasteiger charge is 2.09. The van der Waals surface area contributed by atoms with Crippen LogP contribution in [0.25, 0.3) is 27.8 Å². The molecular weight excluding hydrogens is 336 g/mol. The summed E-state index contributed by atoms with van der Waals surface area (Å²) < 4.78 is 1.91. The molecule has 0 radical (unpaired) electrons. The predicted octanol–water partition coefficient (Wildman–Crippen LogP) is 3.51. The van der Waals surface area contributed by atoms with Crippen LogP contribution in [0.5, 0.6) is 0 Å². The Balaban J connectivity index is 1.54. The fourth-order valence-corrected chi connectivity index (χ4v) is 3.22. The molecule has 0 aliphatic rings. The van der Waals surface area contributed by atoms with Gasteiger partial charge in [0.1, 0.15) is 0 Å². The van der Waals surface area contributed by atoms with Gasteiger partial charge in [-0.1, -0.05) is 36.4 Å². The highest BCUT2D eigenvalue weighted by molar-refractivity contribution is 5.79. The third-order valence-electron chi connectivity index (χ3n) is 4.55. The van der Waals surface area contributed by atoms with Crippen LogP contribution in [0.15, 0.2) is 73.1 Å². The van der Waals surface area contributed by atoms with Crippen molar-refractivity contribution in [3.63, 3.8) is 0 Å². The van der Waals surface area contributed by atoms with Gasteiger partial charge in [-0.2, -0.15) is 5.10 Å². The first-order valence-electron chi connectivity index (χ1n) is 8.66. The monoisotopic (exact) mass is 352 g/mol. The smallest absolute Gasteiger partial charge is 0.220 e. The van der Waals surface area contributed by atoms with Crippen molar-refractivity contribution in [2.45, 2.75) is 6.42 Å². The van der Waals surface area contributed by atoms with Gasteiger partial charge in [0.15, 0.2) is 5.65 Å². The standard InChI is InChI=1S/C21H16N6/c22-21-24-12-16-10-14(6-7-18(16)25-21)11-17-13-23-20-9-8-19(26-27(17)20)15-4-2-1-3-5-15/h1-10,12-13H,11H2,(H2,22,24,25). The van der Waals surface area contributed by atoms with E-state index in [9.17, 15) is 0 Å². The van der Waals surface area contributed by atoms with Crippen LogP contribution in [-0.4, -0.2) is 24.6 Å². The van der Waals surface area contributed by atoms with Crippen molar-refractivity contribution in [3.8, 4) is 11.3 Å². The normalized spacial score (nSPS) is 11.3. The minimum absolute atomic E-state index is 0.287. The number of fused-ring (bicyclic) bond motifs is 2. The van der Waals surface area contributed by atoms with Gasteiger partial charge in [-0.05, 0) is 29.8 Å². The number of anilines is 1. The highest BCUT2D eigenvalue weighted by atomic mass is 15.3. The number of hydrogen-bond acceptors (Lipinski definition) is 5. The largest absolute Gasteiger partial charge is 0.368 e. The Kier molecular flexibility index (Phi) is 3.53. The van der Waals surface area contributed by atoms with E-state index >= 15 is 0 Å². The lowest BCUT2D eigenvalue weighted by atomic mass is 10.1. The van der Waals surface area contributed by atoms with Gasteiger partial charge in [0.05, 0.1) is 23.1 Å². The number of benzene rings is 2. The van der Waals surface area contributed by atoms with Gasteiger partial charge in [-0.3, -0.25) is 0 Å². The molecule has 6 heteroatoms. The molecule has 27 heavy (non-hydrogen) atoms. The van der Waals surface area contributed by atoms with E-state index in [1.54, 1.807) is 6.20 Å². The van der Waals surface area contributed by atoms with E-state index in [2.05, 4.69) is 39.2 Å². The fourth-order valence-electron chi connectivity index (χ4n) is 3.22. The average molecular weight is 352 g/mol. The van der Waals surface area contributed by atoms with E-state index < -0.39 is 0 Å². The Morgan fingerprint density at radius 3 is 2.67 bits per heavy atom. The van der Waals surface area contributed by atoms with Crippen LogP contribution in [-0.2, 0) is 6.42 Å². The molecule has 130 valence electrons. The first-order chi connectivity index (χ1) is 13.3. The summed E-state index contributed by atoms with van der Waals surface area (Å²) in [4.78, 5) is 12.8. The Morgan fingerprint density at radius 1 is 0.889 bits per heavy atom. The number of nitrogen functional groups attached to an aromatic ring is 1. The molecular formula is C21H16N6. The molecule has 0 saturated carbocycles. The Morgan fingerprint density at radius 2 is 1.78 bits per heavy atom. The van der Waals surface area contributed by atoms with E-state index in [4.69, 9.17) is 10.8 Å². The van der Waals surface area contributed by atoms with Gasteiger partial charge < -0.3 is 5.73 Å². The molecule has 5 rings (SSSR count). The van der Waals surface area contributed by atoms with Crippen molar-refractivity contribution in [1.82, 2.24) is 24.6 Å². The lowest BCUT2D eigenvalue weighted by molar-refractivity contribution is 0.876. The van der Waals surface area contributed by atoms with Crippen molar-refractivity contribution >= 4 is 22.5 Å². The number of nitrogens with two attached hydrogens (primary N) is 1. The van der Waals surface area contributed by atoms with Crippen LogP contribution in [0.2, 0.25) is 0 Å². The quantitative estimate of drug-likeness (QED) is 0.537. The third-order valence-corrected chi connectivity index (χ3v) is 4.55. The second kappa shape index (κ2) is 6.17. The fraction of sp³-hybridized carbons (Fsp3) is 0.0476. The van der Waals surface area contributed by atoms with Crippen molar-refractivity contribution < 1.29 is 0 Å². The van der Waals surface area contributed by atoms with Crippen molar-refractivity contribution in [2.24, 2.45) is 0 Å².